The van der Waals surface area contributed by atoms with E-state index < -0.39 is 82.9 Å². The van der Waals surface area contributed by atoms with E-state index in [0.717, 1.165) is 4.57 Å². The second-order valence-corrected chi connectivity index (χ2v) is 11.7. The Morgan fingerprint density at radius 1 is 1.09 bits per heavy atom. The number of thiazole rings is 1. The molecule has 0 aliphatic heterocycles. The zero-order valence-electron chi connectivity index (χ0n) is 24.0. The predicted molar refractivity (Wildman–Crippen MR) is 157 cm³/mol. The number of aromatic nitrogens is 2. The Labute approximate surface area is 262 Å². The molecule has 2 aromatic heterocycles. The fourth-order valence-electron chi connectivity index (χ4n) is 4.47. The number of nitrogens with zero attached hydrogens (tertiary/aromatic N) is 2. The monoisotopic (exact) mass is 667 g/mol. The van der Waals surface area contributed by atoms with Gasteiger partial charge in [-0.3, -0.25) is 19.2 Å². The lowest BCUT2D eigenvalue weighted by Gasteiger charge is -2.26. The van der Waals surface area contributed by atoms with E-state index >= 15 is 0 Å². The number of nitrogens with one attached hydrogen (secondary N) is 1. The molecule has 0 bridgehead atoms. The van der Waals surface area contributed by atoms with Crippen molar-refractivity contribution in [2.45, 2.75) is 51.3 Å². The highest BCUT2D eigenvalue weighted by Gasteiger charge is 2.33. The van der Waals surface area contributed by atoms with Crippen molar-refractivity contribution in [1.29, 1.82) is 0 Å². The highest BCUT2D eigenvalue weighted by atomic mass is 35.5. The van der Waals surface area contributed by atoms with Crippen LogP contribution in [0.4, 0.5) is 17.6 Å². The van der Waals surface area contributed by atoms with E-state index in [1.54, 1.807) is 44.4 Å². The molecule has 1 unspecified atom stereocenters. The van der Waals surface area contributed by atoms with Gasteiger partial charge in [0.1, 0.15) is 23.7 Å². The number of ether oxygens (including phenoxy) is 2. The van der Waals surface area contributed by atoms with Gasteiger partial charge in [-0.25, -0.2) is 13.8 Å². The molecule has 15 heteroatoms. The molecular formula is C30H26ClF4N3O6S. The van der Waals surface area contributed by atoms with Gasteiger partial charge in [-0.2, -0.15) is 8.78 Å². The van der Waals surface area contributed by atoms with Gasteiger partial charge >= 0.3 is 5.97 Å². The predicted octanol–water partition coefficient (Wildman–Crippen LogP) is 5.62. The average molecular weight is 668 g/mol. The molecule has 4 rings (SSSR count). The van der Waals surface area contributed by atoms with Crippen LogP contribution >= 0.6 is 22.9 Å². The van der Waals surface area contributed by atoms with Crippen LogP contribution in [0.25, 0.3) is 10.8 Å². The van der Waals surface area contributed by atoms with Crippen molar-refractivity contribution in [2.75, 3.05) is 6.61 Å². The van der Waals surface area contributed by atoms with Crippen molar-refractivity contribution in [3.8, 4) is 5.75 Å². The van der Waals surface area contributed by atoms with E-state index in [4.69, 9.17) is 21.1 Å². The van der Waals surface area contributed by atoms with Gasteiger partial charge in [0.2, 0.25) is 17.5 Å². The van der Waals surface area contributed by atoms with E-state index in [1.807, 2.05) is 0 Å². The second-order valence-electron chi connectivity index (χ2n) is 10.3. The fourth-order valence-corrected chi connectivity index (χ4v) is 5.34. The fraction of sp³-hybridized carbons (Fsp3) is 0.300. The summed E-state index contributed by atoms with van der Waals surface area (Å²) in [5.74, 6) is -11.7. The number of Topliss-reactive ketones (excluding diaryl/α,β-unsaturated/α-hetero) is 1. The summed E-state index contributed by atoms with van der Waals surface area (Å²) in [6.45, 7) is 3.51. The first-order valence-corrected chi connectivity index (χ1v) is 14.7. The van der Waals surface area contributed by atoms with Crippen LogP contribution in [0.1, 0.15) is 44.7 Å². The van der Waals surface area contributed by atoms with E-state index in [0.29, 0.717) is 15.4 Å². The van der Waals surface area contributed by atoms with Crippen LogP contribution in [0.3, 0.4) is 0 Å². The number of hydrogen-bond acceptors (Lipinski definition) is 8. The molecule has 0 spiro atoms. The van der Waals surface area contributed by atoms with Crippen LogP contribution in [0.2, 0.25) is 5.02 Å². The maximum atomic E-state index is 14.1. The molecule has 0 saturated carbocycles. The second kappa shape index (κ2) is 13.8. The van der Waals surface area contributed by atoms with Crippen LogP contribution in [0, 0.1) is 23.3 Å². The van der Waals surface area contributed by atoms with Gasteiger partial charge in [0.05, 0.1) is 6.42 Å². The van der Waals surface area contributed by atoms with Crippen molar-refractivity contribution < 1.29 is 41.4 Å². The SMILES string of the molecule is CC[C@@H](C(=O)NC(CC(=O)OC(C)(C)c1nccs1)C(=O)COc1c(F)c(F)cc(F)c1F)n1ccc2ccc(Cl)cc2c1=O. The summed E-state index contributed by atoms with van der Waals surface area (Å²) in [6, 6.07) is 3.36. The number of ketones is 1. The lowest BCUT2D eigenvalue weighted by Crippen LogP contribution is -2.48. The zero-order chi connectivity index (χ0) is 33.1. The number of amides is 1. The van der Waals surface area contributed by atoms with Gasteiger partial charge in [0, 0.05) is 34.2 Å². The number of fused-ring (bicyclic) bond motifs is 1. The van der Waals surface area contributed by atoms with Gasteiger partial charge in [-0.1, -0.05) is 24.6 Å². The normalized spacial score (nSPS) is 12.9. The van der Waals surface area contributed by atoms with E-state index in [1.165, 1.54) is 29.8 Å². The van der Waals surface area contributed by atoms with Crippen molar-refractivity contribution in [2.24, 2.45) is 0 Å². The van der Waals surface area contributed by atoms with Gasteiger partial charge in [-0.05, 0) is 43.9 Å². The van der Waals surface area contributed by atoms with Gasteiger partial charge in [-0.15, -0.1) is 11.3 Å². The third-order valence-corrected chi connectivity index (χ3v) is 8.06. The number of pyridine rings is 1. The molecule has 0 radical (unpaired) electrons. The number of rotatable bonds is 12. The maximum absolute atomic E-state index is 14.1. The summed E-state index contributed by atoms with van der Waals surface area (Å²) in [7, 11) is 0. The summed E-state index contributed by atoms with van der Waals surface area (Å²) < 4.78 is 67.0. The smallest absolute Gasteiger partial charge is 0.309 e. The number of benzene rings is 2. The zero-order valence-corrected chi connectivity index (χ0v) is 25.6. The third kappa shape index (κ3) is 7.51. The Morgan fingerprint density at radius 3 is 2.40 bits per heavy atom. The van der Waals surface area contributed by atoms with Crippen molar-refractivity contribution >= 4 is 51.4 Å². The summed E-state index contributed by atoms with van der Waals surface area (Å²) in [4.78, 5) is 57.1. The molecule has 0 fully saturated rings. The van der Waals surface area contributed by atoms with Crippen molar-refractivity contribution in [3.63, 3.8) is 0 Å². The minimum absolute atomic E-state index is 0.0316. The van der Waals surface area contributed by atoms with Crippen LogP contribution in [0.15, 0.2) is 52.9 Å². The molecule has 1 N–H and O–H groups in total. The first-order chi connectivity index (χ1) is 21.2. The van der Waals surface area contributed by atoms with Gasteiger partial charge < -0.3 is 19.4 Å². The Morgan fingerprint density at radius 2 is 1.78 bits per heavy atom. The molecule has 1 amide bonds. The summed E-state index contributed by atoms with van der Waals surface area (Å²) in [5.41, 5.74) is -1.78. The van der Waals surface area contributed by atoms with Gasteiger partial charge in [0.25, 0.3) is 5.56 Å². The minimum atomic E-state index is -1.88. The molecule has 0 saturated heterocycles. The Hall–Kier alpha value is -4.30. The Balaban J connectivity index is 1.60. The first kappa shape index (κ1) is 33.6. The standard InChI is InChI=1S/C30H26ClF4N3O6S/c1-4-21(38-9-7-15-5-6-16(31)11-17(15)28(38)42)27(41)37-20(13-23(40)44-30(2,3)29-36-8-10-45-29)22(39)14-43-26-24(34)18(32)12-19(33)25(26)35/h5-12,20-21H,4,13-14H2,1-3H3,(H,37,41)/t20?,21-/m0/s1. The molecule has 45 heavy (non-hydrogen) atoms. The molecule has 2 heterocycles. The summed E-state index contributed by atoms with van der Waals surface area (Å²) >= 11 is 7.26. The van der Waals surface area contributed by atoms with E-state index in [2.05, 4.69) is 10.3 Å². The quantitative estimate of drug-likeness (QED) is 0.118. The van der Waals surface area contributed by atoms with Crippen LogP contribution < -0.4 is 15.6 Å². The van der Waals surface area contributed by atoms with Crippen molar-refractivity contribution in [1.82, 2.24) is 14.9 Å². The van der Waals surface area contributed by atoms with Crippen molar-refractivity contribution in [3.05, 3.63) is 91.8 Å². The summed E-state index contributed by atoms with van der Waals surface area (Å²) in [6.07, 6.45) is 2.18. The first-order valence-electron chi connectivity index (χ1n) is 13.4. The molecule has 2 aromatic carbocycles. The van der Waals surface area contributed by atoms with E-state index in [-0.39, 0.29) is 17.9 Å². The van der Waals surface area contributed by atoms with Gasteiger partial charge in [0.15, 0.2) is 28.8 Å². The molecule has 9 nitrogen and oxygen atoms in total. The van der Waals surface area contributed by atoms with E-state index in [9.17, 15) is 36.7 Å². The Kier molecular flexibility index (Phi) is 10.3. The number of carbonyl (C=O) groups is 3. The highest BCUT2D eigenvalue weighted by Crippen LogP contribution is 2.28. The molecular weight excluding hydrogens is 642 g/mol. The van der Waals surface area contributed by atoms with Crippen LogP contribution in [-0.2, 0) is 24.7 Å². The number of esters is 1. The molecule has 2 atom stereocenters. The maximum Gasteiger partial charge on any atom is 0.309 e. The minimum Gasteiger partial charge on any atom is -0.479 e. The van der Waals surface area contributed by atoms with Crippen LogP contribution in [0.5, 0.6) is 5.75 Å². The molecule has 238 valence electrons. The Bertz CT molecular complexity index is 1790. The molecule has 0 aliphatic rings. The third-order valence-electron chi connectivity index (χ3n) is 6.74. The highest BCUT2D eigenvalue weighted by molar-refractivity contribution is 7.09. The molecule has 4 aromatic rings. The lowest BCUT2D eigenvalue weighted by molar-refractivity contribution is -0.159. The summed E-state index contributed by atoms with van der Waals surface area (Å²) in [5, 5.41) is 5.59. The number of halogens is 5. The number of hydrogen-bond donors (Lipinski definition) is 1. The van der Waals surface area contributed by atoms with Crippen LogP contribution in [-0.4, -0.2) is 39.9 Å². The molecule has 0 aliphatic carbocycles. The topological polar surface area (TPSA) is 117 Å². The lowest BCUT2D eigenvalue weighted by atomic mass is 10.1. The number of carbonyl (C=O) groups excluding carboxylic acids is 3. The largest absolute Gasteiger partial charge is 0.479 e. The average Bonchev–Trinajstić information content (AvgIpc) is 3.54.